The van der Waals surface area contributed by atoms with Crippen LogP contribution in [0.25, 0.3) is 60.3 Å². The van der Waals surface area contributed by atoms with E-state index in [0.717, 1.165) is 99.0 Å². The fraction of sp³-hybridized carbons (Fsp3) is 0.324. The molecule has 16 nitrogen and oxygen atoms in total. The number of unbranched alkanes of at least 4 members (excludes halogenated alkanes) is 1. The number of nitrogens with two attached hydrogens (primary N) is 3. The van der Waals surface area contributed by atoms with Crippen molar-refractivity contribution in [2.24, 2.45) is 0 Å². The Morgan fingerprint density at radius 1 is 0.727 bits per heavy atom. The van der Waals surface area contributed by atoms with E-state index >= 15 is 0 Å². The molecule has 7 N–H and O–H groups in total. The summed E-state index contributed by atoms with van der Waals surface area (Å²) in [6, 6.07) is 32.4. The summed E-state index contributed by atoms with van der Waals surface area (Å²) in [5.74, 6) is 1.34. The summed E-state index contributed by atoms with van der Waals surface area (Å²) in [5.41, 5.74) is 33.5. The van der Waals surface area contributed by atoms with Crippen LogP contribution in [-0.4, -0.2) is 78.4 Å². The van der Waals surface area contributed by atoms with E-state index in [1.165, 1.54) is 54.4 Å². The molecule has 0 saturated heterocycles. The number of nitrogens with zero attached hydrogens (tertiary/aromatic N) is 7. The third kappa shape index (κ3) is 20.4. The van der Waals surface area contributed by atoms with Crippen LogP contribution in [0.3, 0.4) is 0 Å². The SMILES string of the molecule is C/C=C/C(=O)OC.CC(=O)CCl.CCCCn1c(C)c(-c2ccc(C)cc2)c2c(N)ncnc21.Cc1ccc(-c2c(Br)n(CCCO[Si](C)(C)C(C)(C)C)c3ncnc(N)c23)cc1.Cc1ccc(C(=O)Br)cc1.[C-]#[N+]c1c(-c2ccc(C)cc2)c[nH]c1N. The van der Waals surface area contributed by atoms with Crippen molar-refractivity contribution in [3.63, 3.8) is 0 Å². The number of benzene rings is 4. The van der Waals surface area contributed by atoms with Gasteiger partial charge in [-0.2, -0.15) is 0 Å². The van der Waals surface area contributed by atoms with Gasteiger partial charge in [0.15, 0.2) is 8.32 Å². The van der Waals surface area contributed by atoms with E-state index in [0.29, 0.717) is 28.7 Å². The van der Waals surface area contributed by atoms with Crippen molar-refractivity contribution in [3.05, 3.63) is 178 Å². The molecule has 9 aromatic rings. The zero-order valence-corrected chi connectivity index (χ0v) is 58.0. The fourth-order valence-electron chi connectivity index (χ4n) is 8.49. The lowest BCUT2D eigenvalue weighted by Gasteiger charge is -2.36. The number of carbonyl (C=O) groups excluding carboxylic acids is 3. The van der Waals surface area contributed by atoms with Crippen molar-refractivity contribution in [1.29, 1.82) is 0 Å². The molecule has 20 heteroatoms. The number of methoxy groups -OCH3 is 1. The second-order valence-corrected chi connectivity index (χ2v) is 28.9. The van der Waals surface area contributed by atoms with Gasteiger partial charge in [0.2, 0.25) is 10.4 Å². The number of carbonyl (C=O) groups is 3. The van der Waals surface area contributed by atoms with Crippen LogP contribution in [-0.2, 0) is 31.8 Å². The Bertz CT molecular complexity index is 3810. The number of aromatic amines is 1. The van der Waals surface area contributed by atoms with Crippen molar-refractivity contribution in [3.8, 4) is 33.4 Å². The minimum absolute atomic E-state index is 0.0201. The monoisotopic (exact) mass is 1360 g/mol. The number of rotatable bonds is 14. The number of aromatic nitrogens is 7. The van der Waals surface area contributed by atoms with Gasteiger partial charge in [0.25, 0.3) is 0 Å². The number of Topliss-reactive ketones (excluding diaryl/α,β-unsaturated/α-hetero) is 1. The molecule has 0 saturated carbocycles. The van der Waals surface area contributed by atoms with Crippen LogP contribution in [0.2, 0.25) is 18.1 Å². The summed E-state index contributed by atoms with van der Waals surface area (Å²) < 4.78 is 16.0. The Morgan fingerprint density at radius 2 is 1.17 bits per heavy atom. The van der Waals surface area contributed by atoms with E-state index in [1.807, 2.05) is 50.2 Å². The number of halogens is 3. The molecule has 4 aromatic carbocycles. The van der Waals surface area contributed by atoms with Crippen molar-refractivity contribution in [2.45, 2.75) is 127 Å². The van der Waals surface area contributed by atoms with E-state index in [1.54, 1.807) is 37.7 Å². The molecular weight excluding hydrogens is 1270 g/mol. The molecule has 9 rings (SSSR count). The van der Waals surface area contributed by atoms with Gasteiger partial charge in [-0.05, 0) is 134 Å². The van der Waals surface area contributed by atoms with Crippen molar-refractivity contribution >= 4 is 113 Å². The highest BCUT2D eigenvalue weighted by Gasteiger charge is 2.37. The number of alkyl halides is 1. The number of ketones is 1. The molecule has 0 bridgehead atoms. The van der Waals surface area contributed by atoms with Crippen LogP contribution in [0.4, 0.5) is 23.1 Å². The van der Waals surface area contributed by atoms with Crippen molar-refractivity contribution in [2.75, 3.05) is 36.8 Å². The van der Waals surface area contributed by atoms with Gasteiger partial charge in [0.05, 0.1) is 34.9 Å². The van der Waals surface area contributed by atoms with E-state index < -0.39 is 8.32 Å². The zero-order chi connectivity index (χ0) is 65.5. The Kier molecular flexibility index (Phi) is 28.7. The first-order chi connectivity index (χ1) is 41.7. The Morgan fingerprint density at radius 3 is 1.59 bits per heavy atom. The summed E-state index contributed by atoms with van der Waals surface area (Å²) in [5, 5.41) is 2.09. The minimum atomic E-state index is -1.74. The minimum Gasteiger partial charge on any atom is -0.466 e. The zero-order valence-electron chi connectivity index (χ0n) is 53.1. The molecule has 88 heavy (non-hydrogen) atoms. The van der Waals surface area contributed by atoms with E-state index in [9.17, 15) is 14.4 Å². The molecular formula is C68H84Br2ClN11O5Si. The molecule has 0 amide bonds. The number of allylic oxidation sites excluding steroid dienone is 1. The molecule has 0 aliphatic heterocycles. The predicted molar refractivity (Wildman–Crippen MR) is 374 cm³/mol. The average Bonchev–Trinajstić information content (AvgIpc) is 3.82. The molecule has 0 aliphatic rings. The maximum atomic E-state index is 10.7. The smallest absolute Gasteiger partial charge is 0.330 e. The van der Waals surface area contributed by atoms with Gasteiger partial charge in [0.1, 0.15) is 47.2 Å². The maximum absolute atomic E-state index is 10.7. The highest BCUT2D eigenvalue weighted by Crippen LogP contribution is 2.41. The summed E-state index contributed by atoms with van der Waals surface area (Å²) in [6.45, 7) is 36.7. The van der Waals surface area contributed by atoms with Crippen LogP contribution in [0.5, 0.6) is 0 Å². The van der Waals surface area contributed by atoms with E-state index in [-0.39, 0.29) is 27.4 Å². The third-order valence-corrected chi connectivity index (χ3v) is 20.7. The third-order valence-electron chi connectivity index (χ3n) is 14.5. The van der Waals surface area contributed by atoms with Gasteiger partial charge in [-0.1, -0.05) is 160 Å². The summed E-state index contributed by atoms with van der Waals surface area (Å²) in [6.07, 6.45) is 11.0. The molecule has 0 unspecified atom stereocenters. The van der Waals surface area contributed by atoms with Crippen LogP contribution in [0.15, 0.2) is 133 Å². The van der Waals surface area contributed by atoms with Crippen LogP contribution < -0.4 is 17.2 Å². The number of nitrogens with one attached hydrogen (secondary N) is 1. The quantitative estimate of drug-likeness (QED) is 0.0152. The molecule has 5 aromatic heterocycles. The van der Waals surface area contributed by atoms with Crippen LogP contribution in [0, 0.1) is 41.2 Å². The molecule has 0 spiro atoms. The van der Waals surface area contributed by atoms with Crippen molar-refractivity contribution < 1.29 is 23.5 Å². The Balaban J connectivity index is 0.000000247. The first-order valence-corrected chi connectivity index (χ1v) is 33.8. The van der Waals surface area contributed by atoms with Gasteiger partial charge < -0.3 is 40.5 Å². The normalized spacial score (nSPS) is 10.9. The maximum Gasteiger partial charge on any atom is 0.330 e. The summed E-state index contributed by atoms with van der Waals surface area (Å²) in [4.78, 5) is 54.2. The highest BCUT2D eigenvalue weighted by atomic mass is 79.9. The lowest BCUT2D eigenvalue weighted by molar-refractivity contribution is -0.134. The number of esters is 1. The first-order valence-electron chi connectivity index (χ1n) is 28.8. The Labute approximate surface area is 541 Å². The standard InChI is InChI=1S/C22H31BrN4OSi.C18H22N4.C12H11N3.C8H7BrO.C5H8O2.C3H5ClO/c1-15-8-10-16(11-9-15)17-18-20(24)25-14-26-21(18)27(19(17)23)12-7-13-28-29(5,6)22(2,3)4;1-4-5-10-22-13(3)15(14-8-6-12(2)7-9-14)16-17(19)20-11-21-18(16)22;1-8-3-5-9(6-4-8)10-7-15-12(13)11(10)14-2;1-6-2-4-7(5-3-6)8(9)10;1-3-4-5(6)7-2;1-3(5)2-4/h8-11,14H,7,12-13H2,1-6H3,(H2,24,25,26);6-9,11H,4-5,10H2,1-3H3,(H2,19,20,21);3-7,15H,13H2,1H3;2-5H,1H3;3-4H,1-2H3;2H2,1H3/b;;;;4-3+;. The lowest BCUT2D eigenvalue weighted by Crippen LogP contribution is -2.41. The predicted octanol–water partition coefficient (Wildman–Crippen LogP) is 17.5. The number of hydrogen-bond donors (Lipinski definition) is 4. The lowest BCUT2D eigenvalue weighted by atomic mass is 10.0. The Hall–Kier alpha value is -7.73. The molecule has 0 fully saturated rings. The average molecular weight is 1360 g/mol. The van der Waals surface area contributed by atoms with Gasteiger partial charge in [0, 0.05) is 53.7 Å². The summed E-state index contributed by atoms with van der Waals surface area (Å²) in [7, 11) is -0.389. The molecule has 0 aliphatic carbocycles. The number of hydrogen-bond acceptors (Lipinski definition) is 12. The topological polar surface area (TPSA) is 229 Å². The molecule has 0 radical (unpaired) electrons. The van der Waals surface area contributed by atoms with Gasteiger partial charge in [-0.25, -0.2) is 29.6 Å². The second-order valence-electron chi connectivity index (χ2n) is 22.3. The van der Waals surface area contributed by atoms with Crippen LogP contribution >= 0.6 is 43.5 Å². The second kappa shape index (κ2) is 34.7. The first kappa shape index (κ1) is 72.7. The van der Waals surface area contributed by atoms with Gasteiger partial charge in [-0.15, -0.1) is 11.6 Å². The molecule has 0 atom stereocenters. The van der Waals surface area contributed by atoms with Crippen molar-refractivity contribution in [1.82, 2.24) is 34.1 Å². The number of anilines is 3. The number of H-pyrrole nitrogens is 1. The number of nitrogen functional groups attached to an aromatic ring is 3. The number of aryl methyl sites for hydroxylation is 6. The largest absolute Gasteiger partial charge is 0.466 e. The van der Waals surface area contributed by atoms with Gasteiger partial charge >= 0.3 is 5.97 Å². The fourth-order valence-corrected chi connectivity index (χ4v) is 10.6. The number of ether oxygens (including phenoxy) is 1. The summed E-state index contributed by atoms with van der Waals surface area (Å²) >= 11 is 11.7. The highest BCUT2D eigenvalue weighted by molar-refractivity contribution is 9.18. The molecule has 466 valence electrons. The number of fused-ring (bicyclic) bond motifs is 2. The van der Waals surface area contributed by atoms with E-state index in [2.05, 4.69) is 186 Å². The molecule has 5 heterocycles. The van der Waals surface area contributed by atoms with E-state index in [4.69, 9.17) is 39.8 Å². The van der Waals surface area contributed by atoms with Gasteiger partial charge in [-0.3, -0.25) is 9.59 Å². The van der Waals surface area contributed by atoms with Crippen LogP contribution in [0.1, 0.15) is 99.1 Å².